The number of benzene rings is 1. The average Bonchev–Trinajstić information content (AvgIpc) is 3.18. The fraction of sp³-hybridized carbons (Fsp3) is 0.348. The number of hydrogen-bond acceptors (Lipinski definition) is 7. The maximum Gasteiger partial charge on any atom is 0.344 e. The van der Waals surface area contributed by atoms with Crippen molar-refractivity contribution in [2.75, 3.05) is 5.75 Å². The lowest BCUT2D eigenvalue weighted by atomic mass is 9.93. The van der Waals surface area contributed by atoms with E-state index in [9.17, 15) is 14.4 Å². The van der Waals surface area contributed by atoms with Gasteiger partial charge in [0.2, 0.25) is 5.91 Å². The second-order valence-corrected chi connectivity index (χ2v) is 10.4. The van der Waals surface area contributed by atoms with Crippen molar-refractivity contribution in [2.45, 2.75) is 51.1 Å². The summed E-state index contributed by atoms with van der Waals surface area (Å²) < 4.78 is 0. The lowest BCUT2D eigenvalue weighted by Gasteiger charge is -2.21. The van der Waals surface area contributed by atoms with Crippen LogP contribution in [0.5, 0.6) is 0 Å². The van der Waals surface area contributed by atoms with Crippen LogP contribution in [0.25, 0.3) is 10.2 Å². The number of thiophene rings is 1. The predicted octanol–water partition coefficient (Wildman–Crippen LogP) is 3.68. The summed E-state index contributed by atoms with van der Waals surface area (Å²) in [7, 11) is 0. The normalized spacial score (nSPS) is 18.1. The van der Waals surface area contributed by atoms with E-state index in [0.29, 0.717) is 18.7 Å². The molecule has 1 aliphatic rings. The van der Waals surface area contributed by atoms with Crippen molar-refractivity contribution >= 4 is 51.2 Å². The van der Waals surface area contributed by atoms with Crippen LogP contribution in [-0.2, 0) is 16.0 Å². The van der Waals surface area contributed by atoms with Crippen LogP contribution < -0.4 is 10.7 Å². The largest absolute Gasteiger partial charge is 0.344 e. The summed E-state index contributed by atoms with van der Waals surface area (Å²) in [6.45, 7) is 7.54. The van der Waals surface area contributed by atoms with Gasteiger partial charge < -0.3 is 5.32 Å². The molecular weight excluding hydrogens is 458 g/mol. The number of thioether (sulfide) groups is 1. The number of nitrogens with one attached hydrogen (secondary N) is 2. The number of aryl methyl sites for hydroxylation is 4. The van der Waals surface area contributed by atoms with Gasteiger partial charge in [-0.2, -0.15) is 5.01 Å². The number of fused-ring (bicyclic) bond motifs is 1. The molecule has 172 valence electrons. The third-order valence-electron chi connectivity index (χ3n) is 5.70. The molecule has 3 heterocycles. The van der Waals surface area contributed by atoms with Crippen LogP contribution in [0.4, 0.5) is 4.79 Å². The highest BCUT2D eigenvalue weighted by Crippen LogP contribution is 2.35. The molecule has 2 aromatic heterocycles. The molecule has 4 amide bonds. The Kier molecular flexibility index (Phi) is 6.40. The van der Waals surface area contributed by atoms with Crippen LogP contribution in [0.2, 0.25) is 0 Å². The molecule has 1 atom stereocenters. The van der Waals surface area contributed by atoms with Gasteiger partial charge in [-0.25, -0.2) is 14.8 Å². The first-order valence-corrected chi connectivity index (χ1v) is 12.4. The molecule has 0 bridgehead atoms. The van der Waals surface area contributed by atoms with E-state index in [4.69, 9.17) is 0 Å². The summed E-state index contributed by atoms with van der Waals surface area (Å²) in [6.07, 6.45) is 1.06. The lowest BCUT2D eigenvalue weighted by Crippen LogP contribution is -2.49. The van der Waals surface area contributed by atoms with Crippen LogP contribution in [-0.4, -0.2) is 44.1 Å². The van der Waals surface area contributed by atoms with Gasteiger partial charge in [0.15, 0.2) is 0 Å². The highest BCUT2D eigenvalue weighted by Gasteiger charge is 2.48. The van der Waals surface area contributed by atoms with Gasteiger partial charge in [-0.15, -0.1) is 11.3 Å². The first-order chi connectivity index (χ1) is 15.7. The first kappa shape index (κ1) is 23.2. The van der Waals surface area contributed by atoms with E-state index in [1.165, 1.54) is 11.8 Å². The number of hydrogen-bond donors (Lipinski definition) is 2. The molecule has 0 aliphatic carbocycles. The van der Waals surface area contributed by atoms with Gasteiger partial charge >= 0.3 is 6.03 Å². The quantitative estimate of drug-likeness (QED) is 0.302. The summed E-state index contributed by atoms with van der Waals surface area (Å²) in [5, 5.41) is 5.17. The van der Waals surface area contributed by atoms with Crippen LogP contribution >= 0.6 is 23.1 Å². The Morgan fingerprint density at radius 3 is 2.64 bits per heavy atom. The molecule has 10 heteroatoms. The second kappa shape index (κ2) is 9.11. The zero-order chi connectivity index (χ0) is 23.8. The standard InChI is InChI=1S/C23H25N5O3S2/c1-13-14(2)33-20-18(13)19(24-15(3)25-20)32-12-17(29)27-28-21(30)23(4,26-22(28)31)11-10-16-8-6-5-7-9-16/h5-9H,10-12H2,1-4H3,(H,26,31)(H,27,29)/t23-/m1/s1. The van der Waals surface area contributed by atoms with Crippen LogP contribution in [0.15, 0.2) is 35.4 Å². The van der Waals surface area contributed by atoms with Crippen molar-refractivity contribution in [1.82, 2.24) is 25.7 Å². The lowest BCUT2D eigenvalue weighted by molar-refractivity contribution is -0.138. The molecule has 2 N–H and O–H groups in total. The predicted molar refractivity (Wildman–Crippen MR) is 129 cm³/mol. The topological polar surface area (TPSA) is 104 Å². The Labute approximate surface area is 200 Å². The second-order valence-electron chi connectivity index (χ2n) is 8.25. The van der Waals surface area contributed by atoms with Crippen molar-refractivity contribution < 1.29 is 14.4 Å². The molecule has 1 saturated heterocycles. The molecule has 1 aliphatic heterocycles. The fourth-order valence-electron chi connectivity index (χ4n) is 3.70. The molecular formula is C23H25N5O3S2. The van der Waals surface area contributed by atoms with Gasteiger partial charge in [-0.05, 0) is 51.7 Å². The third-order valence-corrected chi connectivity index (χ3v) is 7.78. The number of imide groups is 1. The summed E-state index contributed by atoms with van der Waals surface area (Å²) in [4.78, 5) is 49.0. The maximum atomic E-state index is 12.9. The molecule has 0 saturated carbocycles. The molecule has 0 unspecified atom stereocenters. The van der Waals surface area contributed by atoms with Crippen molar-refractivity contribution in [1.29, 1.82) is 0 Å². The Bertz CT molecular complexity index is 1240. The molecule has 3 aromatic rings. The molecule has 4 rings (SSSR count). The SMILES string of the molecule is Cc1nc(SCC(=O)NN2C(=O)N[C@](C)(CCc3ccccc3)C2=O)c2c(C)c(C)sc2n1. The van der Waals surface area contributed by atoms with E-state index < -0.39 is 23.4 Å². The van der Waals surface area contributed by atoms with E-state index in [0.717, 1.165) is 36.3 Å². The van der Waals surface area contributed by atoms with Gasteiger partial charge in [0.05, 0.1) is 5.75 Å². The van der Waals surface area contributed by atoms with Gasteiger partial charge in [0.25, 0.3) is 5.91 Å². The molecule has 0 spiro atoms. The van der Waals surface area contributed by atoms with Gasteiger partial charge in [0, 0.05) is 10.3 Å². The molecule has 8 nitrogen and oxygen atoms in total. The van der Waals surface area contributed by atoms with Gasteiger partial charge in [0.1, 0.15) is 21.2 Å². The summed E-state index contributed by atoms with van der Waals surface area (Å²) in [5.41, 5.74) is 3.55. The number of carbonyl (C=O) groups excluding carboxylic acids is 3. The summed E-state index contributed by atoms with van der Waals surface area (Å²) >= 11 is 2.87. The Balaban J connectivity index is 1.40. The fourth-order valence-corrected chi connectivity index (χ4v) is 5.77. The molecule has 1 fully saturated rings. The number of carbonyl (C=O) groups is 3. The van der Waals surface area contributed by atoms with Gasteiger partial charge in [-0.3, -0.25) is 15.0 Å². The van der Waals surface area contributed by atoms with E-state index in [2.05, 4.69) is 20.7 Å². The minimum absolute atomic E-state index is 0.0116. The van der Waals surface area contributed by atoms with E-state index in [1.54, 1.807) is 18.3 Å². The zero-order valence-electron chi connectivity index (χ0n) is 18.9. The number of urea groups is 1. The van der Waals surface area contributed by atoms with Crippen molar-refractivity contribution in [2.24, 2.45) is 0 Å². The number of nitrogens with zero attached hydrogens (tertiary/aromatic N) is 3. The molecule has 1 aromatic carbocycles. The highest BCUT2D eigenvalue weighted by atomic mass is 32.2. The third kappa shape index (κ3) is 4.72. The number of amides is 4. The smallest absolute Gasteiger partial charge is 0.322 e. The van der Waals surface area contributed by atoms with Crippen LogP contribution in [0.1, 0.15) is 35.2 Å². The number of aromatic nitrogens is 2. The first-order valence-electron chi connectivity index (χ1n) is 10.6. The Morgan fingerprint density at radius 1 is 1.18 bits per heavy atom. The Hall–Kier alpha value is -2.98. The maximum absolute atomic E-state index is 12.9. The summed E-state index contributed by atoms with van der Waals surface area (Å²) in [5.74, 6) is -0.274. The molecule has 0 radical (unpaired) electrons. The van der Waals surface area contributed by atoms with Crippen LogP contribution in [0.3, 0.4) is 0 Å². The van der Waals surface area contributed by atoms with Crippen molar-refractivity contribution in [3.8, 4) is 0 Å². The average molecular weight is 484 g/mol. The van der Waals surface area contributed by atoms with Gasteiger partial charge in [-0.1, -0.05) is 42.1 Å². The minimum Gasteiger partial charge on any atom is -0.322 e. The van der Waals surface area contributed by atoms with Crippen molar-refractivity contribution in [3.63, 3.8) is 0 Å². The zero-order valence-corrected chi connectivity index (χ0v) is 20.5. The molecule has 33 heavy (non-hydrogen) atoms. The highest BCUT2D eigenvalue weighted by molar-refractivity contribution is 8.00. The number of hydrazine groups is 1. The van der Waals surface area contributed by atoms with E-state index in [1.807, 2.05) is 51.1 Å². The van der Waals surface area contributed by atoms with E-state index >= 15 is 0 Å². The van der Waals surface area contributed by atoms with Crippen LogP contribution in [0, 0.1) is 20.8 Å². The summed E-state index contributed by atoms with van der Waals surface area (Å²) in [6, 6.07) is 9.12. The Morgan fingerprint density at radius 2 is 1.91 bits per heavy atom. The van der Waals surface area contributed by atoms with E-state index in [-0.39, 0.29) is 5.75 Å². The monoisotopic (exact) mass is 483 g/mol. The minimum atomic E-state index is -1.07. The van der Waals surface area contributed by atoms with Crippen molar-refractivity contribution in [3.05, 3.63) is 52.2 Å². The number of rotatable bonds is 7.